The van der Waals surface area contributed by atoms with E-state index in [1.807, 2.05) is 32.0 Å². The molecule has 0 heterocycles. The van der Waals surface area contributed by atoms with Gasteiger partial charge < -0.3 is 15.4 Å². The lowest BCUT2D eigenvalue weighted by atomic mass is 10.1. The molecule has 0 saturated heterocycles. The number of carbonyl (C=O) groups is 2. The van der Waals surface area contributed by atoms with Crippen LogP contribution in [-0.2, 0) is 9.59 Å². The van der Waals surface area contributed by atoms with E-state index in [1.54, 1.807) is 6.92 Å². The molecule has 2 amide bonds. The highest BCUT2D eigenvalue weighted by Crippen LogP contribution is 2.18. The quantitative estimate of drug-likeness (QED) is 0.739. The van der Waals surface area contributed by atoms with Gasteiger partial charge in [-0.3, -0.25) is 9.59 Å². The summed E-state index contributed by atoms with van der Waals surface area (Å²) >= 11 is 0. The number of benzene rings is 1. The van der Waals surface area contributed by atoms with Crippen LogP contribution in [0.25, 0.3) is 0 Å². The number of hydrogen-bond donors (Lipinski definition) is 2. The number of ether oxygens (including phenoxy) is 1. The molecule has 0 saturated carbocycles. The molecule has 1 rings (SSSR count). The summed E-state index contributed by atoms with van der Waals surface area (Å²) < 4.78 is 5.45. The predicted octanol–water partition coefficient (Wildman–Crippen LogP) is 1.32. The molecule has 0 unspecified atom stereocenters. The van der Waals surface area contributed by atoms with Gasteiger partial charge in [-0.1, -0.05) is 24.6 Å². The van der Waals surface area contributed by atoms with Crippen molar-refractivity contribution >= 4 is 11.8 Å². The van der Waals surface area contributed by atoms with E-state index in [4.69, 9.17) is 4.74 Å². The molecule has 110 valence electrons. The molecule has 0 bridgehead atoms. The predicted molar refractivity (Wildman–Crippen MR) is 77.7 cm³/mol. The van der Waals surface area contributed by atoms with Crippen molar-refractivity contribution < 1.29 is 14.3 Å². The number of amides is 2. The van der Waals surface area contributed by atoms with Crippen LogP contribution in [0, 0.1) is 13.8 Å². The minimum absolute atomic E-state index is 0.0222. The second-order valence-corrected chi connectivity index (χ2v) is 4.61. The molecule has 5 heteroatoms. The van der Waals surface area contributed by atoms with Crippen LogP contribution in [0.3, 0.4) is 0 Å². The lowest BCUT2D eigenvalue weighted by Gasteiger charge is -2.10. The molecule has 20 heavy (non-hydrogen) atoms. The Labute approximate surface area is 119 Å². The summed E-state index contributed by atoms with van der Waals surface area (Å²) in [6.07, 6.45) is 0.448. The molecule has 0 aliphatic heterocycles. The van der Waals surface area contributed by atoms with Gasteiger partial charge in [-0.25, -0.2) is 0 Å². The molecular formula is C15H22N2O3. The number of aryl methyl sites for hydroxylation is 2. The van der Waals surface area contributed by atoms with Crippen molar-refractivity contribution in [2.75, 3.05) is 19.7 Å². The Balaban J connectivity index is 2.24. The minimum atomic E-state index is -0.198. The van der Waals surface area contributed by atoms with Gasteiger partial charge in [0.05, 0.1) is 0 Å². The van der Waals surface area contributed by atoms with Gasteiger partial charge in [-0.05, 0) is 25.5 Å². The molecule has 0 radical (unpaired) electrons. The standard InChI is InChI=1S/C15H22N2O3/c1-4-14(18)16-7-8-17-15(19)10-20-13-6-5-11(2)9-12(13)3/h5-6,9H,4,7-8,10H2,1-3H3,(H,16,18)(H,17,19). The summed E-state index contributed by atoms with van der Waals surface area (Å²) in [6, 6.07) is 5.81. The SMILES string of the molecule is CCC(=O)NCCNC(=O)COc1ccc(C)cc1C. The number of hydrogen-bond acceptors (Lipinski definition) is 3. The van der Waals surface area contributed by atoms with Crippen molar-refractivity contribution in [2.24, 2.45) is 0 Å². The fourth-order valence-electron chi connectivity index (χ4n) is 1.68. The van der Waals surface area contributed by atoms with Crippen molar-refractivity contribution in [3.8, 4) is 5.75 Å². The summed E-state index contributed by atoms with van der Waals surface area (Å²) in [5.74, 6) is 0.492. The molecule has 0 fully saturated rings. The van der Waals surface area contributed by atoms with Gasteiger partial charge in [0, 0.05) is 19.5 Å². The van der Waals surface area contributed by atoms with Crippen LogP contribution in [0.5, 0.6) is 5.75 Å². The van der Waals surface area contributed by atoms with Gasteiger partial charge in [-0.2, -0.15) is 0 Å². The molecule has 1 aromatic rings. The maximum absolute atomic E-state index is 11.6. The first-order valence-electron chi connectivity index (χ1n) is 6.76. The smallest absolute Gasteiger partial charge is 0.258 e. The van der Waals surface area contributed by atoms with E-state index in [0.29, 0.717) is 25.3 Å². The molecule has 0 aromatic heterocycles. The van der Waals surface area contributed by atoms with Gasteiger partial charge in [-0.15, -0.1) is 0 Å². The topological polar surface area (TPSA) is 67.4 Å². The van der Waals surface area contributed by atoms with Crippen LogP contribution < -0.4 is 15.4 Å². The molecule has 0 aliphatic rings. The Morgan fingerprint density at radius 2 is 1.75 bits per heavy atom. The Kier molecular flexibility index (Phi) is 6.56. The van der Waals surface area contributed by atoms with Crippen LogP contribution in [-0.4, -0.2) is 31.5 Å². The summed E-state index contributed by atoms with van der Waals surface area (Å²) in [6.45, 7) is 6.55. The van der Waals surface area contributed by atoms with Crippen LogP contribution in [0.4, 0.5) is 0 Å². The highest BCUT2D eigenvalue weighted by molar-refractivity contribution is 5.78. The summed E-state index contributed by atoms with van der Waals surface area (Å²) in [5, 5.41) is 5.37. The van der Waals surface area contributed by atoms with Crippen LogP contribution >= 0.6 is 0 Å². The Morgan fingerprint density at radius 1 is 1.10 bits per heavy atom. The highest BCUT2D eigenvalue weighted by atomic mass is 16.5. The molecule has 5 nitrogen and oxygen atoms in total. The third-order valence-electron chi connectivity index (χ3n) is 2.78. The van der Waals surface area contributed by atoms with Crippen molar-refractivity contribution in [1.82, 2.24) is 10.6 Å². The van der Waals surface area contributed by atoms with Crippen molar-refractivity contribution in [3.05, 3.63) is 29.3 Å². The minimum Gasteiger partial charge on any atom is -0.484 e. The van der Waals surface area contributed by atoms with E-state index >= 15 is 0 Å². The zero-order valence-corrected chi connectivity index (χ0v) is 12.3. The largest absolute Gasteiger partial charge is 0.484 e. The van der Waals surface area contributed by atoms with Crippen LogP contribution in [0.2, 0.25) is 0 Å². The number of carbonyl (C=O) groups excluding carboxylic acids is 2. The summed E-state index contributed by atoms with van der Waals surface area (Å²) in [4.78, 5) is 22.5. The second kappa shape index (κ2) is 8.19. The Hall–Kier alpha value is -2.04. The summed E-state index contributed by atoms with van der Waals surface area (Å²) in [5.41, 5.74) is 2.17. The van der Waals surface area contributed by atoms with Crippen molar-refractivity contribution in [3.63, 3.8) is 0 Å². The molecular weight excluding hydrogens is 256 g/mol. The monoisotopic (exact) mass is 278 g/mol. The second-order valence-electron chi connectivity index (χ2n) is 4.61. The average Bonchev–Trinajstić information content (AvgIpc) is 2.42. The van der Waals surface area contributed by atoms with E-state index in [1.165, 1.54) is 0 Å². The zero-order chi connectivity index (χ0) is 15.0. The van der Waals surface area contributed by atoms with Gasteiger partial charge in [0.1, 0.15) is 5.75 Å². The fourth-order valence-corrected chi connectivity index (χ4v) is 1.68. The Bertz CT molecular complexity index is 472. The maximum atomic E-state index is 11.6. The van der Waals surface area contributed by atoms with Gasteiger partial charge in [0.15, 0.2) is 6.61 Å². The van der Waals surface area contributed by atoms with E-state index < -0.39 is 0 Å². The third kappa shape index (κ3) is 5.73. The average molecular weight is 278 g/mol. The zero-order valence-electron chi connectivity index (χ0n) is 12.3. The fraction of sp³-hybridized carbons (Fsp3) is 0.467. The van der Waals surface area contributed by atoms with E-state index in [0.717, 1.165) is 11.1 Å². The first kappa shape index (κ1) is 16.0. The van der Waals surface area contributed by atoms with Crippen molar-refractivity contribution in [1.29, 1.82) is 0 Å². The van der Waals surface area contributed by atoms with E-state index in [-0.39, 0.29) is 18.4 Å². The Morgan fingerprint density at radius 3 is 2.35 bits per heavy atom. The molecule has 1 aromatic carbocycles. The van der Waals surface area contributed by atoms with Gasteiger partial charge in [0.2, 0.25) is 5.91 Å². The van der Waals surface area contributed by atoms with Crippen molar-refractivity contribution in [2.45, 2.75) is 27.2 Å². The number of nitrogens with one attached hydrogen (secondary N) is 2. The lowest BCUT2D eigenvalue weighted by molar-refractivity contribution is -0.124. The first-order valence-corrected chi connectivity index (χ1v) is 6.76. The third-order valence-corrected chi connectivity index (χ3v) is 2.78. The van der Waals surface area contributed by atoms with Crippen LogP contribution in [0.1, 0.15) is 24.5 Å². The van der Waals surface area contributed by atoms with Gasteiger partial charge >= 0.3 is 0 Å². The van der Waals surface area contributed by atoms with E-state index in [2.05, 4.69) is 10.6 Å². The van der Waals surface area contributed by atoms with Crippen LogP contribution in [0.15, 0.2) is 18.2 Å². The summed E-state index contributed by atoms with van der Waals surface area (Å²) in [7, 11) is 0. The molecule has 2 N–H and O–H groups in total. The van der Waals surface area contributed by atoms with Gasteiger partial charge in [0.25, 0.3) is 5.91 Å². The van der Waals surface area contributed by atoms with E-state index in [9.17, 15) is 9.59 Å². The molecule has 0 spiro atoms. The number of rotatable bonds is 7. The lowest BCUT2D eigenvalue weighted by Crippen LogP contribution is -2.36. The molecule has 0 atom stereocenters. The maximum Gasteiger partial charge on any atom is 0.258 e. The highest BCUT2D eigenvalue weighted by Gasteiger charge is 2.04. The normalized spacial score (nSPS) is 9.95. The first-order chi connectivity index (χ1) is 9.52. The molecule has 0 aliphatic carbocycles.